The van der Waals surface area contributed by atoms with Crippen LogP contribution in [0, 0.1) is 25.2 Å². The van der Waals surface area contributed by atoms with E-state index in [9.17, 15) is 0 Å². The van der Waals surface area contributed by atoms with Crippen molar-refractivity contribution in [1.29, 1.82) is 0 Å². The third kappa shape index (κ3) is 3.04. The molecule has 2 N–H and O–H groups in total. The fourth-order valence-corrected chi connectivity index (χ4v) is 4.32. The van der Waals surface area contributed by atoms with Gasteiger partial charge in [-0.25, -0.2) is 0 Å². The SMILES string of the molecule is CN=C(NCCc1c(C)noc1C)NC1C2CCCOC2C1(C)C. The van der Waals surface area contributed by atoms with Crippen molar-refractivity contribution in [2.75, 3.05) is 20.2 Å². The summed E-state index contributed by atoms with van der Waals surface area (Å²) in [5.74, 6) is 2.36. The van der Waals surface area contributed by atoms with Crippen molar-refractivity contribution in [3.63, 3.8) is 0 Å². The first-order chi connectivity index (χ1) is 11.4. The van der Waals surface area contributed by atoms with Crippen LogP contribution >= 0.6 is 0 Å². The second-order valence-corrected chi connectivity index (χ2v) is 7.59. The fraction of sp³-hybridized carbons (Fsp3) is 0.778. The second-order valence-electron chi connectivity index (χ2n) is 7.59. The molecule has 2 heterocycles. The van der Waals surface area contributed by atoms with Gasteiger partial charge >= 0.3 is 0 Å². The Balaban J connectivity index is 1.54. The van der Waals surface area contributed by atoms with Gasteiger partial charge in [-0.05, 0) is 33.1 Å². The van der Waals surface area contributed by atoms with E-state index in [1.165, 1.54) is 12.0 Å². The van der Waals surface area contributed by atoms with Crippen molar-refractivity contribution < 1.29 is 9.26 Å². The summed E-state index contributed by atoms with van der Waals surface area (Å²) in [6, 6.07) is 0.410. The Hall–Kier alpha value is -1.56. The molecular formula is C18H30N4O2. The molecule has 3 rings (SSSR count). The molecule has 1 aromatic rings. The molecule has 0 radical (unpaired) electrons. The Morgan fingerprint density at radius 1 is 1.38 bits per heavy atom. The molecule has 2 fully saturated rings. The number of hydrogen-bond donors (Lipinski definition) is 2. The van der Waals surface area contributed by atoms with Crippen LogP contribution in [0.5, 0.6) is 0 Å². The summed E-state index contributed by atoms with van der Waals surface area (Å²) in [6.07, 6.45) is 3.66. The Morgan fingerprint density at radius 3 is 2.83 bits per heavy atom. The van der Waals surface area contributed by atoms with Crippen LogP contribution in [0.25, 0.3) is 0 Å². The van der Waals surface area contributed by atoms with Gasteiger partial charge in [-0.2, -0.15) is 0 Å². The zero-order chi connectivity index (χ0) is 17.3. The van der Waals surface area contributed by atoms with Gasteiger partial charge in [0.1, 0.15) is 5.76 Å². The number of fused-ring (bicyclic) bond motifs is 1. The highest BCUT2D eigenvalue weighted by molar-refractivity contribution is 5.80. The van der Waals surface area contributed by atoms with Crippen molar-refractivity contribution in [1.82, 2.24) is 15.8 Å². The van der Waals surface area contributed by atoms with Crippen molar-refractivity contribution in [3.8, 4) is 0 Å². The van der Waals surface area contributed by atoms with Crippen molar-refractivity contribution in [2.45, 2.75) is 59.1 Å². The molecule has 6 nitrogen and oxygen atoms in total. The predicted molar refractivity (Wildman–Crippen MR) is 94.2 cm³/mol. The number of nitrogens with zero attached hydrogens (tertiary/aromatic N) is 2. The molecule has 1 aromatic heterocycles. The summed E-state index contributed by atoms with van der Waals surface area (Å²) in [4.78, 5) is 4.39. The molecule has 1 aliphatic heterocycles. The van der Waals surface area contributed by atoms with Gasteiger partial charge in [0.15, 0.2) is 5.96 Å². The Kier molecular flexibility index (Phi) is 4.85. The first-order valence-corrected chi connectivity index (χ1v) is 8.95. The van der Waals surface area contributed by atoms with E-state index in [0.717, 1.165) is 43.4 Å². The topological polar surface area (TPSA) is 71.7 Å². The van der Waals surface area contributed by atoms with E-state index < -0.39 is 0 Å². The van der Waals surface area contributed by atoms with Gasteiger partial charge in [-0.15, -0.1) is 0 Å². The Bertz CT molecular complexity index is 589. The molecule has 2 aliphatic rings. The molecule has 0 spiro atoms. The second kappa shape index (κ2) is 6.75. The van der Waals surface area contributed by atoms with Crippen LogP contribution in [0.15, 0.2) is 9.52 Å². The van der Waals surface area contributed by atoms with E-state index >= 15 is 0 Å². The summed E-state index contributed by atoms with van der Waals surface area (Å²) in [5, 5.41) is 11.1. The summed E-state index contributed by atoms with van der Waals surface area (Å²) >= 11 is 0. The number of aryl methyl sites for hydroxylation is 2. The summed E-state index contributed by atoms with van der Waals surface area (Å²) in [6.45, 7) is 10.2. The molecule has 134 valence electrons. The average molecular weight is 334 g/mol. The van der Waals surface area contributed by atoms with Gasteiger partial charge in [0.05, 0.1) is 11.8 Å². The van der Waals surface area contributed by atoms with Gasteiger partial charge in [-0.1, -0.05) is 19.0 Å². The monoisotopic (exact) mass is 334 g/mol. The van der Waals surface area contributed by atoms with Gasteiger partial charge in [0.2, 0.25) is 0 Å². The van der Waals surface area contributed by atoms with E-state index in [4.69, 9.17) is 9.26 Å². The molecular weight excluding hydrogens is 304 g/mol. The highest BCUT2D eigenvalue weighted by Crippen LogP contribution is 2.51. The molecule has 3 atom stereocenters. The molecule has 1 aliphatic carbocycles. The molecule has 24 heavy (non-hydrogen) atoms. The third-order valence-electron chi connectivity index (χ3n) is 5.70. The zero-order valence-corrected chi connectivity index (χ0v) is 15.5. The molecule has 6 heteroatoms. The third-order valence-corrected chi connectivity index (χ3v) is 5.70. The maximum Gasteiger partial charge on any atom is 0.191 e. The van der Waals surface area contributed by atoms with Crippen LogP contribution < -0.4 is 10.6 Å². The minimum Gasteiger partial charge on any atom is -0.377 e. The van der Waals surface area contributed by atoms with Gasteiger partial charge in [0, 0.05) is 43.1 Å². The van der Waals surface area contributed by atoms with Crippen LogP contribution in [-0.2, 0) is 11.2 Å². The molecule has 3 unspecified atom stereocenters. The largest absolute Gasteiger partial charge is 0.377 e. The standard InChI is InChI=1S/C18H30N4O2/c1-11-13(12(2)24-22-11)8-9-20-17(19-5)21-15-14-7-6-10-23-16(14)18(15,3)4/h14-16H,6-10H2,1-5H3,(H2,19,20,21). The summed E-state index contributed by atoms with van der Waals surface area (Å²) < 4.78 is 11.2. The molecule has 1 saturated carbocycles. The van der Waals surface area contributed by atoms with E-state index in [0.29, 0.717) is 18.1 Å². The van der Waals surface area contributed by atoms with Crippen molar-refractivity contribution in [2.24, 2.45) is 16.3 Å². The number of nitrogens with one attached hydrogen (secondary N) is 2. The number of ether oxygens (including phenoxy) is 1. The van der Waals surface area contributed by atoms with E-state index in [1.54, 1.807) is 0 Å². The predicted octanol–water partition coefficient (Wildman–Crippen LogP) is 2.20. The van der Waals surface area contributed by atoms with Gasteiger partial charge in [-0.3, -0.25) is 4.99 Å². The van der Waals surface area contributed by atoms with Crippen LogP contribution in [0.4, 0.5) is 0 Å². The van der Waals surface area contributed by atoms with Crippen molar-refractivity contribution >= 4 is 5.96 Å². The van der Waals surface area contributed by atoms with Crippen LogP contribution in [0.3, 0.4) is 0 Å². The Labute approximate surface area is 144 Å². The average Bonchev–Trinajstić information content (AvgIpc) is 2.89. The first-order valence-electron chi connectivity index (χ1n) is 8.95. The van der Waals surface area contributed by atoms with Crippen LogP contribution in [-0.4, -0.2) is 43.5 Å². The first kappa shape index (κ1) is 17.3. The molecule has 0 bridgehead atoms. The summed E-state index contributed by atoms with van der Waals surface area (Å²) in [7, 11) is 1.83. The lowest BCUT2D eigenvalue weighted by Crippen LogP contribution is -2.71. The van der Waals surface area contributed by atoms with Crippen LogP contribution in [0.2, 0.25) is 0 Å². The maximum atomic E-state index is 5.98. The highest BCUT2D eigenvalue weighted by atomic mass is 16.5. The van der Waals surface area contributed by atoms with E-state index in [-0.39, 0.29) is 5.41 Å². The van der Waals surface area contributed by atoms with Gasteiger partial charge < -0.3 is 19.9 Å². The van der Waals surface area contributed by atoms with E-state index in [1.807, 2.05) is 20.9 Å². The minimum atomic E-state index is 0.143. The maximum absolute atomic E-state index is 5.98. The highest BCUT2D eigenvalue weighted by Gasteiger charge is 2.58. The van der Waals surface area contributed by atoms with Crippen molar-refractivity contribution in [3.05, 3.63) is 17.0 Å². The lowest BCUT2D eigenvalue weighted by molar-refractivity contribution is -0.188. The number of rotatable bonds is 4. The fourth-order valence-electron chi connectivity index (χ4n) is 4.32. The summed E-state index contributed by atoms with van der Waals surface area (Å²) in [5.41, 5.74) is 2.30. The normalized spacial score (nSPS) is 28.9. The molecule has 0 aromatic carbocycles. The zero-order valence-electron chi connectivity index (χ0n) is 15.5. The number of aliphatic imine (C=N–C) groups is 1. The van der Waals surface area contributed by atoms with Gasteiger partial charge in [0.25, 0.3) is 0 Å². The molecule has 1 saturated heterocycles. The lowest BCUT2D eigenvalue weighted by Gasteiger charge is -2.60. The number of hydrogen-bond acceptors (Lipinski definition) is 4. The smallest absolute Gasteiger partial charge is 0.191 e. The van der Waals surface area contributed by atoms with Crippen LogP contribution in [0.1, 0.15) is 43.7 Å². The number of aromatic nitrogens is 1. The number of guanidine groups is 1. The Morgan fingerprint density at radius 2 is 2.17 bits per heavy atom. The quantitative estimate of drug-likeness (QED) is 0.652. The minimum absolute atomic E-state index is 0.143. The van der Waals surface area contributed by atoms with E-state index in [2.05, 4.69) is 34.6 Å². The molecule has 0 amide bonds. The lowest BCUT2D eigenvalue weighted by atomic mass is 9.55.